The molecule has 0 aliphatic carbocycles. The Balaban J connectivity index is 0.00000145. The van der Waals surface area contributed by atoms with Gasteiger partial charge in [-0.1, -0.05) is 84.9 Å². The maximum absolute atomic E-state index is 12.1. The lowest BCUT2D eigenvalue weighted by Crippen LogP contribution is -2.44. The highest BCUT2D eigenvalue weighted by atomic mass is 16.4. The van der Waals surface area contributed by atoms with Crippen LogP contribution < -0.4 is 0 Å². The van der Waals surface area contributed by atoms with Crippen molar-refractivity contribution in [2.24, 2.45) is 5.92 Å². The van der Waals surface area contributed by atoms with Crippen molar-refractivity contribution >= 4 is 11.9 Å². The molecule has 3 aromatic rings. The number of aliphatic carboxylic acids is 2. The topological polar surface area (TPSA) is 181 Å². The van der Waals surface area contributed by atoms with E-state index in [0.29, 0.717) is 6.42 Å². The Bertz CT molecular complexity index is 1200. The number of carbonyl (C=O) groups is 2. The molecule has 0 bridgehead atoms. The summed E-state index contributed by atoms with van der Waals surface area (Å²) in [6.07, 6.45) is 2.77. The van der Waals surface area contributed by atoms with Crippen molar-refractivity contribution in [1.82, 2.24) is 4.90 Å². The molecule has 0 aromatic heterocycles. The number of carboxylic acid groups (broad SMARTS) is 2. The molecular formula is C34H47NO8. The first-order chi connectivity index (χ1) is 19.5. The minimum atomic E-state index is -1.01. The fourth-order valence-corrected chi connectivity index (χ4v) is 5.52. The molecule has 1 aliphatic rings. The molecule has 9 nitrogen and oxygen atoms in total. The van der Waals surface area contributed by atoms with E-state index in [9.17, 15) is 20.1 Å². The van der Waals surface area contributed by atoms with Gasteiger partial charge >= 0.3 is 5.97 Å². The van der Waals surface area contributed by atoms with Crippen molar-refractivity contribution in [2.45, 2.75) is 63.6 Å². The highest BCUT2D eigenvalue weighted by Gasteiger charge is 2.41. The van der Waals surface area contributed by atoms with Crippen molar-refractivity contribution in [3.8, 4) is 0 Å². The predicted octanol–water partition coefficient (Wildman–Crippen LogP) is 3.95. The van der Waals surface area contributed by atoms with Crippen LogP contribution in [0.25, 0.3) is 0 Å². The van der Waals surface area contributed by atoms with Gasteiger partial charge in [0.2, 0.25) is 0 Å². The van der Waals surface area contributed by atoms with Gasteiger partial charge in [0.25, 0.3) is 5.97 Å². The van der Waals surface area contributed by atoms with Crippen LogP contribution in [-0.4, -0.2) is 67.9 Å². The van der Waals surface area contributed by atoms with Crippen LogP contribution in [0.2, 0.25) is 0 Å². The third-order valence-electron chi connectivity index (χ3n) is 8.11. The summed E-state index contributed by atoms with van der Waals surface area (Å²) in [4.78, 5) is 22.9. The number of piperidine rings is 1. The first-order valence-electron chi connectivity index (χ1n) is 14.2. The number of rotatable bonds is 10. The van der Waals surface area contributed by atoms with E-state index in [-0.39, 0.29) is 16.9 Å². The highest BCUT2D eigenvalue weighted by Crippen LogP contribution is 2.42. The van der Waals surface area contributed by atoms with Gasteiger partial charge in [0.1, 0.15) is 5.60 Å². The lowest BCUT2D eigenvalue weighted by Gasteiger charge is -2.42. The number of likely N-dealkylation sites (tertiary alicyclic amines) is 1. The molecule has 236 valence electrons. The summed E-state index contributed by atoms with van der Waals surface area (Å²) in [6, 6.07) is 27.3. The Hall–Kier alpha value is -3.60. The van der Waals surface area contributed by atoms with Gasteiger partial charge in [0, 0.05) is 6.92 Å². The van der Waals surface area contributed by atoms with E-state index in [2.05, 4.69) is 4.90 Å². The van der Waals surface area contributed by atoms with Crippen LogP contribution in [0.3, 0.4) is 0 Å². The third kappa shape index (κ3) is 9.71. The van der Waals surface area contributed by atoms with E-state index in [1.54, 1.807) is 26.0 Å². The second-order valence-electron chi connectivity index (χ2n) is 11.3. The summed E-state index contributed by atoms with van der Waals surface area (Å²) >= 11 is 0. The SMILES string of the molecule is CC(=O)O.CC(C)(C(=O)O)c1ccc([C@@H](O)CCCN2CCC(C(O)(c3ccccc3)c3ccccc3)CC2)cc1.O.O. The Morgan fingerprint density at radius 2 is 1.26 bits per heavy atom. The molecule has 0 amide bonds. The molecule has 0 spiro atoms. The quantitative estimate of drug-likeness (QED) is 0.273. The van der Waals surface area contributed by atoms with Crippen molar-refractivity contribution in [3.05, 3.63) is 107 Å². The first-order valence-corrected chi connectivity index (χ1v) is 14.2. The first kappa shape index (κ1) is 37.4. The van der Waals surface area contributed by atoms with Gasteiger partial charge < -0.3 is 36.3 Å². The zero-order valence-electron chi connectivity index (χ0n) is 25.2. The predicted molar refractivity (Wildman–Crippen MR) is 167 cm³/mol. The average molecular weight is 598 g/mol. The van der Waals surface area contributed by atoms with E-state index < -0.39 is 29.1 Å². The lowest BCUT2D eigenvalue weighted by molar-refractivity contribution is -0.142. The van der Waals surface area contributed by atoms with E-state index in [1.807, 2.05) is 72.8 Å². The van der Waals surface area contributed by atoms with Gasteiger partial charge in [0.05, 0.1) is 11.5 Å². The van der Waals surface area contributed by atoms with Gasteiger partial charge in [-0.25, -0.2) is 0 Å². The van der Waals surface area contributed by atoms with Crippen LogP contribution in [0.4, 0.5) is 0 Å². The van der Waals surface area contributed by atoms with Gasteiger partial charge in [-0.2, -0.15) is 0 Å². The van der Waals surface area contributed by atoms with Gasteiger partial charge in [-0.15, -0.1) is 0 Å². The second kappa shape index (κ2) is 16.9. The number of aliphatic hydroxyl groups is 2. The summed E-state index contributed by atoms with van der Waals surface area (Å²) in [5.41, 5.74) is 1.47. The summed E-state index contributed by atoms with van der Waals surface area (Å²) < 4.78 is 0. The Morgan fingerprint density at radius 3 is 1.67 bits per heavy atom. The van der Waals surface area contributed by atoms with Crippen molar-refractivity contribution in [2.75, 3.05) is 19.6 Å². The van der Waals surface area contributed by atoms with Crippen LogP contribution in [0, 0.1) is 5.92 Å². The number of aliphatic hydroxyl groups excluding tert-OH is 1. The molecular weight excluding hydrogens is 550 g/mol. The Morgan fingerprint density at radius 1 is 0.814 bits per heavy atom. The number of carboxylic acids is 2. The van der Waals surface area contributed by atoms with Crippen LogP contribution in [0.5, 0.6) is 0 Å². The molecule has 1 fully saturated rings. The molecule has 43 heavy (non-hydrogen) atoms. The number of nitrogens with zero attached hydrogens (tertiary/aromatic N) is 1. The van der Waals surface area contributed by atoms with E-state index in [1.165, 1.54) is 0 Å². The molecule has 9 heteroatoms. The molecule has 4 rings (SSSR count). The minimum absolute atomic E-state index is 0. The van der Waals surface area contributed by atoms with Crippen molar-refractivity contribution < 1.29 is 41.0 Å². The number of hydrogen-bond acceptors (Lipinski definition) is 5. The molecule has 1 aliphatic heterocycles. The molecule has 0 saturated carbocycles. The van der Waals surface area contributed by atoms with Gasteiger partial charge in [-0.3, -0.25) is 9.59 Å². The van der Waals surface area contributed by atoms with Crippen molar-refractivity contribution in [1.29, 1.82) is 0 Å². The number of benzene rings is 3. The lowest BCUT2D eigenvalue weighted by atomic mass is 9.72. The van der Waals surface area contributed by atoms with E-state index in [4.69, 9.17) is 9.90 Å². The van der Waals surface area contributed by atoms with Gasteiger partial charge in [-0.05, 0) is 87.3 Å². The minimum Gasteiger partial charge on any atom is -0.481 e. The largest absolute Gasteiger partial charge is 0.481 e. The monoisotopic (exact) mass is 597 g/mol. The smallest absolute Gasteiger partial charge is 0.313 e. The summed E-state index contributed by atoms with van der Waals surface area (Å²) in [5.74, 6) is -1.57. The average Bonchev–Trinajstić information content (AvgIpc) is 2.97. The molecule has 0 unspecified atom stereocenters. The van der Waals surface area contributed by atoms with Gasteiger partial charge in [0.15, 0.2) is 0 Å². The maximum Gasteiger partial charge on any atom is 0.313 e. The van der Waals surface area contributed by atoms with Crippen molar-refractivity contribution in [3.63, 3.8) is 0 Å². The van der Waals surface area contributed by atoms with Crippen LogP contribution in [-0.2, 0) is 20.6 Å². The molecule has 8 N–H and O–H groups in total. The van der Waals surface area contributed by atoms with Crippen LogP contribution in [0.15, 0.2) is 84.9 Å². The zero-order valence-corrected chi connectivity index (χ0v) is 25.2. The fraction of sp³-hybridized carbons (Fsp3) is 0.412. The van der Waals surface area contributed by atoms with Crippen LogP contribution >= 0.6 is 0 Å². The molecule has 1 heterocycles. The Kier molecular flexibility index (Phi) is 14.7. The maximum atomic E-state index is 12.1. The molecule has 3 aromatic carbocycles. The van der Waals surface area contributed by atoms with E-state index in [0.717, 1.165) is 68.1 Å². The standard InChI is InChI=1S/C32H39NO4.C2H4O2.2H2O/c1-31(2,30(35)36)25-17-15-24(16-18-25)29(34)14-9-21-33-22-19-28(20-23-33)32(37,26-10-5-3-6-11-26)27-12-7-4-8-13-27;1-2(3)4;;/h3-8,10-13,15-18,28-29,34,37H,9,14,19-23H2,1-2H3,(H,35,36);1H3,(H,3,4);2*1H2/t29-;;;/m0.../s1. The summed E-state index contributed by atoms with van der Waals surface area (Å²) in [5, 5.41) is 39.6. The highest BCUT2D eigenvalue weighted by molar-refractivity contribution is 5.80. The van der Waals surface area contributed by atoms with Crippen LogP contribution in [0.1, 0.15) is 74.8 Å². The molecule has 1 saturated heterocycles. The number of hydrogen-bond donors (Lipinski definition) is 4. The van der Waals surface area contributed by atoms with E-state index >= 15 is 0 Å². The third-order valence-corrected chi connectivity index (χ3v) is 8.11. The molecule has 0 radical (unpaired) electrons. The fourth-order valence-electron chi connectivity index (χ4n) is 5.52. The normalized spacial score (nSPS) is 14.7. The summed E-state index contributed by atoms with van der Waals surface area (Å²) in [6.45, 7) is 7.20. The zero-order chi connectivity index (χ0) is 30.0. The summed E-state index contributed by atoms with van der Waals surface area (Å²) in [7, 11) is 0. The Labute approximate surface area is 254 Å². The molecule has 1 atom stereocenters. The second-order valence-corrected chi connectivity index (χ2v) is 11.3.